The molecule has 4 heteroatoms. The molecule has 1 rings (SSSR count). The van der Waals surface area contributed by atoms with Crippen molar-refractivity contribution in [1.82, 2.24) is 4.98 Å². The second-order valence-electron chi connectivity index (χ2n) is 4.45. The largest absolute Gasteiger partial charge is 0.396 e. The predicted octanol–water partition coefficient (Wildman–Crippen LogP) is 1.48. The van der Waals surface area contributed by atoms with Crippen molar-refractivity contribution < 1.29 is 5.11 Å². The zero-order valence-electron chi connectivity index (χ0n) is 9.33. The highest BCUT2D eigenvalue weighted by Gasteiger charge is 2.16. The third-order valence-corrected chi connectivity index (χ3v) is 2.40. The maximum atomic E-state index is 8.89. The third kappa shape index (κ3) is 3.75. The van der Waals surface area contributed by atoms with Gasteiger partial charge >= 0.3 is 0 Å². The molecule has 1 aromatic heterocycles. The second kappa shape index (κ2) is 4.98. The van der Waals surface area contributed by atoms with Crippen molar-refractivity contribution in [3.63, 3.8) is 0 Å². The average Bonchev–Trinajstić information content (AvgIpc) is 2.16. The molecule has 1 heterocycles. The highest BCUT2D eigenvalue weighted by atomic mass is 16.3. The molecule has 0 spiro atoms. The van der Waals surface area contributed by atoms with Crippen LogP contribution in [0.25, 0.3) is 0 Å². The third-order valence-electron chi connectivity index (χ3n) is 2.40. The van der Waals surface area contributed by atoms with E-state index in [-0.39, 0.29) is 12.0 Å². The topological polar surface area (TPSA) is 71.2 Å². The van der Waals surface area contributed by atoms with E-state index in [0.717, 1.165) is 18.7 Å². The van der Waals surface area contributed by atoms with Gasteiger partial charge in [0.05, 0.1) is 17.6 Å². The van der Waals surface area contributed by atoms with E-state index in [9.17, 15) is 0 Å². The number of nitrogens with one attached hydrogen (secondary N) is 1. The minimum atomic E-state index is 0.0600. The van der Waals surface area contributed by atoms with Gasteiger partial charge in [-0.2, -0.15) is 0 Å². The van der Waals surface area contributed by atoms with E-state index in [4.69, 9.17) is 10.8 Å². The van der Waals surface area contributed by atoms with Gasteiger partial charge in [-0.3, -0.25) is 4.98 Å². The van der Waals surface area contributed by atoms with Crippen LogP contribution in [0.15, 0.2) is 18.5 Å². The first-order valence-corrected chi connectivity index (χ1v) is 5.09. The van der Waals surface area contributed by atoms with Crippen molar-refractivity contribution in [1.29, 1.82) is 0 Å². The summed E-state index contributed by atoms with van der Waals surface area (Å²) >= 11 is 0. The Kier molecular flexibility index (Phi) is 3.91. The lowest BCUT2D eigenvalue weighted by atomic mass is 9.89. The lowest BCUT2D eigenvalue weighted by Gasteiger charge is -2.24. The maximum absolute atomic E-state index is 8.89. The van der Waals surface area contributed by atoms with E-state index >= 15 is 0 Å². The van der Waals surface area contributed by atoms with Crippen molar-refractivity contribution in [2.75, 3.05) is 24.2 Å². The smallest absolute Gasteiger partial charge is 0.0736 e. The van der Waals surface area contributed by atoms with Crippen molar-refractivity contribution >= 4 is 11.4 Å². The fourth-order valence-corrected chi connectivity index (χ4v) is 1.29. The van der Waals surface area contributed by atoms with Gasteiger partial charge < -0.3 is 16.2 Å². The SMILES string of the molecule is CC(C)(CCO)CNc1ccncc1N. The van der Waals surface area contributed by atoms with Gasteiger partial charge in [-0.05, 0) is 17.9 Å². The van der Waals surface area contributed by atoms with Crippen LogP contribution in [0.5, 0.6) is 0 Å². The molecule has 0 aliphatic heterocycles. The van der Waals surface area contributed by atoms with Crippen LogP contribution < -0.4 is 11.1 Å². The number of anilines is 2. The summed E-state index contributed by atoms with van der Waals surface area (Å²) in [5.74, 6) is 0. The molecule has 0 aromatic carbocycles. The van der Waals surface area contributed by atoms with Crippen LogP contribution in [0.3, 0.4) is 0 Å². The Bertz CT molecular complexity index is 312. The van der Waals surface area contributed by atoms with E-state index in [1.54, 1.807) is 12.4 Å². The standard InChI is InChI=1S/C11H19N3O/c1-11(2,4-6-15)8-14-10-3-5-13-7-9(10)12/h3,5,7,15H,4,6,8,12H2,1-2H3,(H,13,14). The quantitative estimate of drug-likeness (QED) is 0.687. The molecule has 0 saturated carbocycles. The molecule has 4 nitrogen and oxygen atoms in total. The Morgan fingerprint density at radius 2 is 2.27 bits per heavy atom. The van der Waals surface area contributed by atoms with Crippen molar-refractivity contribution in [3.8, 4) is 0 Å². The lowest BCUT2D eigenvalue weighted by molar-refractivity contribution is 0.220. The monoisotopic (exact) mass is 209 g/mol. The molecular weight excluding hydrogens is 190 g/mol. The number of hydrogen-bond donors (Lipinski definition) is 3. The fourth-order valence-electron chi connectivity index (χ4n) is 1.29. The van der Waals surface area contributed by atoms with E-state index < -0.39 is 0 Å². The summed E-state index contributed by atoms with van der Waals surface area (Å²) in [5, 5.41) is 12.2. The van der Waals surface area contributed by atoms with E-state index in [1.807, 2.05) is 6.07 Å². The van der Waals surface area contributed by atoms with Crippen LogP contribution in [0, 0.1) is 5.41 Å². The predicted molar refractivity (Wildman–Crippen MR) is 62.6 cm³/mol. The van der Waals surface area contributed by atoms with E-state index in [2.05, 4.69) is 24.1 Å². The molecular formula is C11H19N3O. The first kappa shape index (κ1) is 11.8. The molecule has 0 amide bonds. The zero-order valence-corrected chi connectivity index (χ0v) is 9.33. The molecule has 0 bridgehead atoms. The molecule has 4 N–H and O–H groups in total. The number of nitrogens with two attached hydrogens (primary N) is 1. The van der Waals surface area contributed by atoms with Crippen LogP contribution >= 0.6 is 0 Å². The van der Waals surface area contributed by atoms with Gasteiger partial charge in [0.25, 0.3) is 0 Å². The van der Waals surface area contributed by atoms with Crippen LogP contribution in [0.2, 0.25) is 0 Å². The summed E-state index contributed by atoms with van der Waals surface area (Å²) in [4.78, 5) is 3.92. The number of rotatable bonds is 5. The Balaban J connectivity index is 2.53. The van der Waals surface area contributed by atoms with E-state index in [0.29, 0.717) is 5.69 Å². The molecule has 0 saturated heterocycles. The average molecular weight is 209 g/mol. The summed E-state index contributed by atoms with van der Waals surface area (Å²) < 4.78 is 0. The van der Waals surface area contributed by atoms with Gasteiger partial charge in [0.1, 0.15) is 0 Å². The van der Waals surface area contributed by atoms with Crippen molar-refractivity contribution in [2.45, 2.75) is 20.3 Å². The summed E-state index contributed by atoms with van der Waals surface area (Å²) in [6.45, 7) is 5.20. The van der Waals surface area contributed by atoms with Gasteiger partial charge in [0.15, 0.2) is 0 Å². The summed E-state index contributed by atoms with van der Waals surface area (Å²) in [6, 6.07) is 1.85. The summed E-state index contributed by atoms with van der Waals surface area (Å²) in [6.07, 6.45) is 4.10. The Labute approximate surface area is 90.5 Å². The Morgan fingerprint density at radius 1 is 1.53 bits per heavy atom. The first-order valence-electron chi connectivity index (χ1n) is 5.09. The minimum Gasteiger partial charge on any atom is -0.396 e. The Morgan fingerprint density at radius 3 is 2.87 bits per heavy atom. The Hall–Kier alpha value is -1.29. The molecule has 0 fully saturated rings. The molecule has 15 heavy (non-hydrogen) atoms. The van der Waals surface area contributed by atoms with E-state index in [1.165, 1.54) is 0 Å². The van der Waals surface area contributed by atoms with Crippen molar-refractivity contribution in [3.05, 3.63) is 18.5 Å². The number of aliphatic hydroxyl groups is 1. The maximum Gasteiger partial charge on any atom is 0.0736 e. The summed E-state index contributed by atoms with van der Waals surface area (Å²) in [5.41, 5.74) is 7.36. The normalized spacial score (nSPS) is 11.4. The number of nitrogens with zero attached hydrogens (tertiary/aromatic N) is 1. The molecule has 0 aliphatic carbocycles. The van der Waals surface area contributed by atoms with Gasteiger partial charge in [-0.25, -0.2) is 0 Å². The van der Waals surface area contributed by atoms with Gasteiger partial charge in [-0.1, -0.05) is 13.8 Å². The molecule has 1 aromatic rings. The number of pyridine rings is 1. The lowest BCUT2D eigenvalue weighted by Crippen LogP contribution is -2.24. The zero-order chi connectivity index (χ0) is 11.3. The van der Waals surface area contributed by atoms with Gasteiger partial charge in [0.2, 0.25) is 0 Å². The highest BCUT2D eigenvalue weighted by Crippen LogP contribution is 2.22. The molecule has 0 aliphatic rings. The second-order valence-corrected chi connectivity index (χ2v) is 4.45. The number of nitrogen functional groups attached to an aromatic ring is 1. The van der Waals surface area contributed by atoms with Crippen LogP contribution in [-0.4, -0.2) is 23.2 Å². The molecule has 84 valence electrons. The fraction of sp³-hybridized carbons (Fsp3) is 0.545. The molecule has 0 radical (unpaired) electrons. The number of aromatic nitrogens is 1. The van der Waals surface area contributed by atoms with Gasteiger partial charge in [-0.15, -0.1) is 0 Å². The van der Waals surface area contributed by atoms with Crippen molar-refractivity contribution in [2.24, 2.45) is 5.41 Å². The summed E-state index contributed by atoms with van der Waals surface area (Å²) in [7, 11) is 0. The van der Waals surface area contributed by atoms with Crippen LogP contribution in [0.1, 0.15) is 20.3 Å². The minimum absolute atomic E-state index is 0.0600. The van der Waals surface area contributed by atoms with Crippen LogP contribution in [-0.2, 0) is 0 Å². The number of aliphatic hydroxyl groups excluding tert-OH is 1. The van der Waals surface area contributed by atoms with Crippen LogP contribution in [0.4, 0.5) is 11.4 Å². The molecule has 0 atom stereocenters. The highest BCUT2D eigenvalue weighted by molar-refractivity contribution is 5.64. The molecule has 0 unspecified atom stereocenters. The first-order chi connectivity index (χ1) is 7.05. The number of hydrogen-bond acceptors (Lipinski definition) is 4. The van der Waals surface area contributed by atoms with Gasteiger partial charge in [0, 0.05) is 19.3 Å².